The van der Waals surface area contributed by atoms with Crippen molar-refractivity contribution in [3.63, 3.8) is 0 Å². The zero-order valence-corrected chi connectivity index (χ0v) is 31.1. The van der Waals surface area contributed by atoms with Crippen molar-refractivity contribution in [1.82, 2.24) is 9.13 Å². The average molecular weight is 693 g/mol. The summed E-state index contributed by atoms with van der Waals surface area (Å²) in [7, 11) is 0. The van der Waals surface area contributed by atoms with Gasteiger partial charge in [0.2, 0.25) is 0 Å². The SMILES string of the molecule is C/C=C\c1c2c(c3ccccc3c1C)C=C=C(n1c3c(c4cccc(C)c41)C=CC(c1ccc4c5c(n(-c6ccccc6)c4c1)CC(C)C=C5)=C=C3)C=C2. The van der Waals surface area contributed by atoms with Crippen LogP contribution in [-0.2, 0) is 6.42 Å². The monoisotopic (exact) mass is 692 g/mol. The quantitative estimate of drug-likeness (QED) is 0.163. The molecule has 10 rings (SSSR count). The van der Waals surface area contributed by atoms with E-state index in [0.29, 0.717) is 5.92 Å². The number of para-hydroxylation sites is 2. The molecular weight excluding hydrogens is 653 g/mol. The predicted molar refractivity (Wildman–Crippen MR) is 232 cm³/mol. The van der Waals surface area contributed by atoms with Gasteiger partial charge in [-0.15, -0.1) is 5.73 Å². The molecule has 0 radical (unpaired) electrons. The Labute approximate surface area is 316 Å². The van der Waals surface area contributed by atoms with E-state index < -0.39 is 0 Å². The maximum atomic E-state index is 3.78. The van der Waals surface area contributed by atoms with Gasteiger partial charge in [-0.2, -0.15) is 0 Å². The molecule has 2 aromatic heterocycles. The molecule has 0 saturated heterocycles. The number of aromatic nitrogens is 2. The van der Waals surface area contributed by atoms with Crippen LogP contribution in [0.25, 0.3) is 86.0 Å². The number of benzene rings is 5. The molecule has 0 aliphatic heterocycles. The van der Waals surface area contributed by atoms with Gasteiger partial charge in [-0.1, -0.05) is 122 Å². The Bertz CT molecular complexity index is 3000. The van der Waals surface area contributed by atoms with E-state index >= 15 is 0 Å². The van der Waals surface area contributed by atoms with Crippen molar-refractivity contribution in [3.8, 4) is 5.69 Å². The number of hydrogen-bond acceptors (Lipinski definition) is 0. The van der Waals surface area contributed by atoms with Gasteiger partial charge in [0.15, 0.2) is 0 Å². The van der Waals surface area contributed by atoms with Gasteiger partial charge in [-0.3, -0.25) is 0 Å². The Morgan fingerprint density at radius 3 is 2.31 bits per heavy atom. The Hall–Kier alpha value is -6.56. The second-order valence-corrected chi connectivity index (χ2v) is 14.9. The van der Waals surface area contributed by atoms with Crippen LogP contribution in [0.5, 0.6) is 0 Å². The molecule has 0 saturated carbocycles. The molecule has 1 unspecified atom stereocenters. The number of aryl methyl sites for hydroxylation is 2. The van der Waals surface area contributed by atoms with Gasteiger partial charge >= 0.3 is 0 Å². The largest absolute Gasteiger partial charge is 0.313 e. The van der Waals surface area contributed by atoms with Crippen LogP contribution in [0.3, 0.4) is 0 Å². The van der Waals surface area contributed by atoms with E-state index in [1.807, 2.05) is 0 Å². The van der Waals surface area contributed by atoms with Gasteiger partial charge in [0.25, 0.3) is 0 Å². The summed E-state index contributed by atoms with van der Waals surface area (Å²) < 4.78 is 4.86. The van der Waals surface area contributed by atoms with Crippen molar-refractivity contribution in [2.45, 2.75) is 34.1 Å². The lowest BCUT2D eigenvalue weighted by molar-refractivity contribution is 0.690. The van der Waals surface area contributed by atoms with E-state index in [1.54, 1.807) is 0 Å². The Morgan fingerprint density at radius 2 is 1.46 bits per heavy atom. The minimum Gasteiger partial charge on any atom is -0.313 e. The predicted octanol–water partition coefficient (Wildman–Crippen LogP) is 13.5. The minimum atomic E-state index is 0.503. The van der Waals surface area contributed by atoms with Gasteiger partial charge in [0.1, 0.15) is 0 Å². The van der Waals surface area contributed by atoms with Gasteiger partial charge in [0, 0.05) is 44.9 Å². The van der Waals surface area contributed by atoms with Gasteiger partial charge in [-0.25, -0.2) is 0 Å². The van der Waals surface area contributed by atoms with E-state index in [1.165, 1.54) is 82.9 Å². The number of hydrogen-bond donors (Lipinski definition) is 0. The summed E-state index contributed by atoms with van der Waals surface area (Å²) in [5.41, 5.74) is 25.6. The standard InChI is InChI=1S/C52H40N2/c1-5-12-40-35(4)41-16-9-10-17-42(41)44-29-24-39(23-28-43(40)44)54-49-30-22-36(20-26-47(49)48-18-11-13-34(3)52(48)54)37-21-27-46-45-25-19-33(2)31-50(45)53(51(46)32-37)38-14-7-6-8-15-38/h5-21,23,25-30,32-33H,31H2,1-4H3/b12-5-. The summed E-state index contributed by atoms with van der Waals surface area (Å²) in [6.07, 6.45) is 23.5. The molecule has 0 fully saturated rings. The Morgan fingerprint density at radius 1 is 0.667 bits per heavy atom. The van der Waals surface area contributed by atoms with Crippen LogP contribution in [0.4, 0.5) is 0 Å². The molecule has 0 amide bonds. The molecule has 0 bridgehead atoms. The molecule has 0 spiro atoms. The zero-order chi connectivity index (χ0) is 36.5. The molecule has 54 heavy (non-hydrogen) atoms. The summed E-state index contributed by atoms with van der Waals surface area (Å²) in [5.74, 6) is 0.503. The van der Waals surface area contributed by atoms with Gasteiger partial charge in [-0.05, 0) is 114 Å². The fourth-order valence-corrected chi connectivity index (χ4v) is 8.98. The lowest BCUT2D eigenvalue weighted by Crippen LogP contribution is -2.08. The first-order chi connectivity index (χ1) is 26.5. The zero-order valence-electron chi connectivity index (χ0n) is 31.1. The second kappa shape index (κ2) is 12.5. The van der Waals surface area contributed by atoms with Crippen molar-refractivity contribution in [1.29, 1.82) is 0 Å². The third kappa shape index (κ3) is 4.89. The maximum Gasteiger partial charge on any atom is 0.0891 e. The fourth-order valence-electron chi connectivity index (χ4n) is 8.98. The Kier molecular flexibility index (Phi) is 7.46. The highest BCUT2D eigenvalue weighted by atomic mass is 15.0. The number of rotatable bonds is 4. The van der Waals surface area contributed by atoms with Crippen LogP contribution >= 0.6 is 0 Å². The molecule has 2 heterocycles. The van der Waals surface area contributed by atoms with E-state index in [2.05, 4.69) is 200 Å². The summed E-state index contributed by atoms with van der Waals surface area (Å²) in [6, 6.07) is 33.1. The first-order valence-electron chi connectivity index (χ1n) is 19.0. The van der Waals surface area contributed by atoms with Crippen LogP contribution in [-0.4, -0.2) is 9.13 Å². The molecule has 2 heteroatoms. The van der Waals surface area contributed by atoms with Crippen LogP contribution in [0.1, 0.15) is 69.7 Å². The maximum absolute atomic E-state index is 3.78. The third-order valence-electron chi connectivity index (χ3n) is 11.5. The van der Waals surface area contributed by atoms with Gasteiger partial charge in [0.05, 0.1) is 22.4 Å². The van der Waals surface area contributed by atoms with E-state index in [0.717, 1.165) is 28.9 Å². The highest BCUT2D eigenvalue weighted by Gasteiger charge is 2.23. The van der Waals surface area contributed by atoms with E-state index in [-0.39, 0.29) is 0 Å². The van der Waals surface area contributed by atoms with Crippen LogP contribution < -0.4 is 0 Å². The lowest BCUT2D eigenvalue weighted by Gasteiger charge is -2.17. The molecule has 7 aromatic rings. The smallest absolute Gasteiger partial charge is 0.0891 e. The number of allylic oxidation sites excluding steroid dienone is 6. The molecule has 1 atom stereocenters. The van der Waals surface area contributed by atoms with E-state index in [4.69, 9.17) is 0 Å². The summed E-state index contributed by atoms with van der Waals surface area (Å²) in [5, 5.41) is 5.05. The molecule has 3 aliphatic rings. The van der Waals surface area contributed by atoms with Crippen molar-refractivity contribution >= 4 is 80.3 Å². The minimum absolute atomic E-state index is 0.503. The molecule has 258 valence electrons. The van der Waals surface area contributed by atoms with Crippen molar-refractivity contribution in [2.75, 3.05) is 0 Å². The Balaban J connectivity index is 1.16. The van der Waals surface area contributed by atoms with Crippen LogP contribution in [0.2, 0.25) is 0 Å². The normalized spacial score (nSPS) is 15.8. The highest BCUT2D eigenvalue weighted by molar-refractivity contribution is 6.05. The van der Waals surface area contributed by atoms with Crippen molar-refractivity contribution < 1.29 is 0 Å². The van der Waals surface area contributed by atoms with Crippen LogP contribution in [0, 0.1) is 19.8 Å². The summed E-state index contributed by atoms with van der Waals surface area (Å²) in [4.78, 5) is 0. The average Bonchev–Trinajstić information content (AvgIpc) is 3.45. The fraction of sp³-hybridized carbons (Fsp3) is 0.115. The number of fused-ring (bicyclic) bond motifs is 9. The molecule has 0 N–H and O–H groups in total. The first-order valence-corrected chi connectivity index (χ1v) is 19.0. The summed E-state index contributed by atoms with van der Waals surface area (Å²) >= 11 is 0. The first kappa shape index (κ1) is 32.1. The second-order valence-electron chi connectivity index (χ2n) is 14.9. The lowest BCUT2D eigenvalue weighted by atomic mass is 9.89. The summed E-state index contributed by atoms with van der Waals surface area (Å²) in [6.45, 7) is 8.84. The highest BCUT2D eigenvalue weighted by Crippen LogP contribution is 2.40. The van der Waals surface area contributed by atoms with Crippen molar-refractivity contribution in [3.05, 3.63) is 183 Å². The topological polar surface area (TPSA) is 9.86 Å². The number of nitrogens with zero attached hydrogens (tertiary/aromatic N) is 2. The molecular formula is C52H40N2. The van der Waals surface area contributed by atoms with Crippen LogP contribution in [0.15, 0.2) is 127 Å². The van der Waals surface area contributed by atoms with E-state index in [9.17, 15) is 0 Å². The molecule has 5 aromatic carbocycles. The molecule has 2 nitrogen and oxygen atoms in total. The third-order valence-corrected chi connectivity index (χ3v) is 11.5. The van der Waals surface area contributed by atoms with Crippen molar-refractivity contribution in [2.24, 2.45) is 5.92 Å². The van der Waals surface area contributed by atoms with Gasteiger partial charge < -0.3 is 9.13 Å². The molecule has 3 aliphatic carbocycles.